The van der Waals surface area contributed by atoms with Gasteiger partial charge < -0.3 is 5.32 Å². The van der Waals surface area contributed by atoms with Gasteiger partial charge in [-0.05, 0) is 73.8 Å². The molecule has 1 aliphatic heterocycles. The van der Waals surface area contributed by atoms with E-state index in [0.717, 1.165) is 42.8 Å². The van der Waals surface area contributed by atoms with Gasteiger partial charge in [-0.2, -0.15) is 0 Å². The molecule has 0 unspecified atom stereocenters. The second-order valence-electron chi connectivity index (χ2n) is 7.93. The van der Waals surface area contributed by atoms with Crippen molar-refractivity contribution in [1.82, 2.24) is 15.2 Å². The minimum Gasteiger partial charge on any atom is -0.348 e. The summed E-state index contributed by atoms with van der Waals surface area (Å²) in [6.07, 6.45) is 2.08. The molecular formula is C25H25F2N3O. The van der Waals surface area contributed by atoms with E-state index in [0.29, 0.717) is 17.8 Å². The first kappa shape index (κ1) is 21.1. The van der Waals surface area contributed by atoms with E-state index in [1.165, 1.54) is 24.3 Å². The van der Waals surface area contributed by atoms with E-state index in [9.17, 15) is 13.6 Å². The van der Waals surface area contributed by atoms with Crippen molar-refractivity contribution in [2.75, 3.05) is 6.54 Å². The van der Waals surface area contributed by atoms with E-state index in [1.807, 2.05) is 31.2 Å². The molecule has 1 amide bonds. The van der Waals surface area contributed by atoms with E-state index in [1.54, 1.807) is 12.1 Å². The number of carbonyl (C=O) groups excluding carboxylic acids is 1. The minimum absolute atomic E-state index is 0.181. The van der Waals surface area contributed by atoms with Crippen LogP contribution in [0.25, 0.3) is 0 Å². The second kappa shape index (κ2) is 9.35. The maximum absolute atomic E-state index is 13.2. The lowest BCUT2D eigenvalue weighted by molar-refractivity contribution is 0.0949. The maximum Gasteiger partial charge on any atom is 0.253 e. The van der Waals surface area contributed by atoms with Crippen LogP contribution in [0.3, 0.4) is 0 Å². The highest BCUT2D eigenvalue weighted by atomic mass is 19.1. The number of carbonyl (C=O) groups is 1. The Kier molecular flexibility index (Phi) is 6.37. The van der Waals surface area contributed by atoms with Crippen molar-refractivity contribution in [3.8, 4) is 0 Å². The van der Waals surface area contributed by atoms with Crippen LogP contribution in [-0.2, 0) is 13.1 Å². The Morgan fingerprint density at radius 3 is 2.29 bits per heavy atom. The van der Waals surface area contributed by atoms with Gasteiger partial charge in [0.05, 0.1) is 23.0 Å². The van der Waals surface area contributed by atoms with Crippen LogP contribution in [0.4, 0.5) is 8.78 Å². The van der Waals surface area contributed by atoms with Gasteiger partial charge in [0.1, 0.15) is 11.6 Å². The number of benzene rings is 2. The molecular weight excluding hydrogens is 396 g/mol. The summed E-state index contributed by atoms with van der Waals surface area (Å²) in [7, 11) is 0. The summed E-state index contributed by atoms with van der Waals surface area (Å²) in [6, 6.07) is 16.6. The van der Waals surface area contributed by atoms with Gasteiger partial charge in [-0.1, -0.05) is 24.3 Å². The number of rotatable bonds is 6. The van der Waals surface area contributed by atoms with Gasteiger partial charge in [-0.15, -0.1) is 0 Å². The molecule has 0 saturated carbocycles. The van der Waals surface area contributed by atoms with E-state index >= 15 is 0 Å². The molecule has 4 rings (SSSR count). The van der Waals surface area contributed by atoms with E-state index in [4.69, 9.17) is 4.98 Å². The zero-order valence-corrected chi connectivity index (χ0v) is 17.4. The average Bonchev–Trinajstić information content (AvgIpc) is 3.23. The molecule has 2 heterocycles. The Morgan fingerprint density at radius 2 is 1.65 bits per heavy atom. The Morgan fingerprint density at radius 1 is 1.00 bits per heavy atom. The number of amides is 1. The van der Waals surface area contributed by atoms with Gasteiger partial charge in [0.15, 0.2) is 0 Å². The molecule has 1 atom stereocenters. The molecule has 31 heavy (non-hydrogen) atoms. The van der Waals surface area contributed by atoms with Crippen molar-refractivity contribution in [1.29, 1.82) is 0 Å². The summed E-state index contributed by atoms with van der Waals surface area (Å²) in [5.41, 5.74) is 4.07. The fraction of sp³-hybridized carbons (Fsp3) is 0.280. The number of aryl methyl sites for hydroxylation is 1. The summed E-state index contributed by atoms with van der Waals surface area (Å²) in [5, 5.41) is 2.87. The largest absolute Gasteiger partial charge is 0.348 e. The molecule has 0 spiro atoms. The van der Waals surface area contributed by atoms with Crippen LogP contribution in [0.1, 0.15) is 51.8 Å². The van der Waals surface area contributed by atoms with Gasteiger partial charge >= 0.3 is 0 Å². The number of nitrogens with zero attached hydrogens (tertiary/aromatic N) is 2. The zero-order chi connectivity index (χ0) is 21.8. The van der Waals surface area contributed by atoms with Crippen LogP contribution in [0.15, 0.2) is 60.7 Å². The van der Waals surface area contributed by atoms with Crippen molar-refractivity contribution < 1.29 is 13.6 Å². The zero-order valence-electron chi connectivity index (χ0n) is 17.4. The molecule has 1 saturated heterocycles. The SMILES string of the molecule is Cc1nc([C@@H]2CCCN2Cc2ccc(F)cc2)ccc1C(=O)NCc1ccc(F)cc1. The van der Waals surface area contributed by atoms with Crippen LogP contribution in [0, 0.1) is 18.6 Å². The number of likely N-dealkylation sites (tertiary alicyclic amines) is 1. The Balaban J connectivity index is 1.42. The standard InChI is InChI=1S/C25H25F2N3O/c1-17-22(25(31)28-15-18-4-8-20(26)9-5-18)12-13-23(29-17)24-3-2-14-30(24)16-19-6-10-21(27)11-7-19/h4-13,24H,2-3,14-16H2,1H3,(H,28,31)/t24-/m0/s1. The normalized spacial score (nSPS) is 16.4. The summed E-state index contributed by atoms with van der Waals surface area (Å²) in [4.78, 5) is 19.7. The smallest absolute Gasteiger partial charge is 0.253 e. The first-order valence-corrected chi connectivity index (χ1v) is 10.5. The third kappa shape index (κ3) is 5.14. The third-order valence-corrected chi connectivity index (χ3v) is 5.72. The molecule has 0 aliphatic carbocycles. The number of aromatic nitrogens is 1. The molecule has 0 radical (unpaired) electrons. The fourth-order valence-corrected chi connectivity index (χ4v) is 4.06. The predicted octanol–water partition coefficient (Wildman–Crippen LogP) is 4.94. The molecule has 1 aliphatic rings. The van der Waals surface area contributed by atoms with Gasteiger partial charge in [0, 0.05) is 13.1 Å². The number of nitrogens with one attached hydrogen (secondary N) is 1. The van der Waals surface area contributed by atoms with Crippen molar-refractivity contribution in [2.24, 2.45) is 0 Å². The monoisotopic (exact) mass is 421 g/mol. The van der Waals surface area contributed by atoms with Crippen LogP contribution in [0.5, 0.6) is 0 Å². The second-order valence-corrected chi connectivity index (χ2v) is 7.93. The Hall–Kier alpha value is -3.12. The van der Waals surface area contributed by atoms with Gasteiger partial charge in [0.25, 0.3) is 5.91 Å². The van der Waals surface area contributed by atoms with E-state index in [-0.39, 0.29) is 23.6 Å². The van der Waals surface area contributed by atoms with E-state index in [2.05, 4.69) is 10.2 Å². The van der Waals surface area contributed by atoms with Gasteiger partial charge in [-0.3, -0.25) is 14.7 Å². The molecule has 6 heteroatoms. The highest BCUT2D eigenvalue weighted by Gasteiger charge is 2.27. The Labute approximate surface area is 180 Å². The molecule has 4 nitrogen and oxygen atoms in total. The predicted molar refractivity (Wildman–Crippen MR) is 115 cm³/mol. The molecule has 0 bridgehead atoms. The summed E-state index contributed by atoms with van der Waals surface area (Å²) in [5.74, 6) is -0.728. The summed E-state index contributed by atoms with van der Waals surface area (Å²) in [6.45, 7) is 3.87. The lowest BCUT2D eigenvalue weighted by Gasteiger charge is -2.24. The third-order valence-electron chi connectivity index (χ3n) is 5.72. The first-order valence-electron chi connectivity index (χ1n) is 10.5. The lowest BCUT2D eigenvalue weighted by Crippen LogP contribution is -2.26. The highest BCUT2D eigenvalue weighted by molar-refractivity contribution is 5.95. The molecule has 1 fully saturated rings. The van der Waals surface area contributed by atoms with Crippen molar-refractivity contribution in [3.05, 3.63) is 100 Å². The minimum atomic E-state index is -0.300. The van der Waals surface area contributed by atoms with Crippen LogP contribution in [0.2, 0.25) is 0 Å². The topological polar surface area (TPSA) is 45.2 Å². The Bertz CT molecular complexity index is 1050. The fourth-order valence-electron chi connectivity index (χ4n) is 4.06. The molecule has 1 aromatic heterocycles. The maximum atomic E-state index is 13.2. The first-order chi connectivity index (χ1) is 15.0. The quantitative estimate of drug-likeness (QED) is 0.614. The molecule has 3 aromatic rings. The average molecular weight is 421 g/mol. The molecule has 1 N–H and O–H groups in total. The molecule has 2 aromatic carbocycles. The highest BCUT2D eigenvalue weighted by Crippen LogP contribution is 2.32. The number of hydrogen-bond acceptors (Lipinski definition) is 3. The van der Waals surface area contributed by atoms with Crippen LogP contribution in [-0.4, -0.2) is 22.3 Å². The van der Waals surface area contributed by atoms with E-state index < -0.39 is 0 Å². The van der Waals surface area contributed by atoms with Crippen molar-refractivity contribution in [3.63, 3.8) is 0 Å². The summed E-state index contributed by atoms with van der Waals surface area (Å²) >= 11 is 0. The molecule has 160 valence electrons. The number of hydrogen-bond donors (Lipinski definition) is 1. The number of halogens is 2. The van der Waals surface area contributed by atoms with Crippen LogP contribution >= 0.6 is 0 Å². The van der Waals surface area contributed by atoms with Crippen molar-refractivity contribution in [2.45, 2.75) is 38.9 Å². The van der Waals surface area contributed by atoms with Crippen molar-refractivity contribution >= 4 is 5.91 Å². The van der Waals surface area contributed by atoms with Gasteiger partial charge in [0.2, 0.25) is 0 Å². The van der Waals surface area contributed by atoms with Crippen LogP contribution < -0.4 is 5.32 Å². The van der Waals surface area contributed by atoms with Gasteiger partial charge in [-0.25, -0.2) is 8.78 Å². The lowest BCUT2D eigenvalue weighted by atomic mass is 10.1. The summed E-state index contributed by atoms with van der Waals surface area (Å²) < 4.78 is 26.2. The number of pyridine rings is 1.